The second-order valence-electron chi connectivity index (χ2n) is 10.1. The monoisotopic (exact) mass is 495 g/mol. The van der Waals surface area contributed by atoms with Crippen LogP contribution in [0.25, 0.3) is 10.9 Å². The van der Waals surface area contributed by atoms with Crippen molar-refractivity contribution < 1.29 is 14.3 Å². The number of fused-ring (bicyclic) bond motifs is 1. The Morgan fingerprint density at radius 1 is 0.973 bits per heavy atom. The van der Waals surface area contributed by atoms with Gasteiger partial charge in [0.2, 0.25) is 0 Å². The number of aromatic nitrogens is 2. The largest absolute Gasteiger partial charge is 0.465 e. The van der Waals surface area contributed by atoms with Gasteiger partial charge in [0.05, 0.1) is 24.4 Å². The molecule has 0 amide bonds. The molecule has 0 radical (unpaired) electrons. The molecule has 0 aliphatic carbocycles. The number of piperidine rings is 1. The van der Waals surface area contributed by atoms with Crippen molar-refractivity contribution in [2.75, 3.05) is 20.2 Å². The topological polar surface area (TPSA) is 75.3 Å². The zero-order chi connectivity index (χ0) is 25.6. The normalized spacial score (nSPS) is 16.1. The van der Waals surface area contributed by atoms with E-state index in [1.54, 1.807) is 18.2 Å². The number of esters is 1. The number of H-pyrrole nitrogens is 1. The zero-order valence-electron chi connectivity index (χ0n) is 21.3. The number of hydrogen-bond donors (Lipinski definition) is 1. The summed E-state index contributed by atoms with van der Waals surface area (Å²) in [7, 11) is 1.36. The number of benzene rings is 3. The summed E-state index contributed by atoms with van der Waals surface area (Å²) >= 11 is 0. The van der Waals surface area contributed by atoms with E-state index >= 15 is 0 Å². The van der Waals surface area contributed by atoms with Gasteiger partial charge in [-0.05, 0) is 78.2 Å². The molecular weight excluding hydrogens is 462 g/mol. The third kappa shape index (κ3) is 6.52. The highest BCUT2D eigenvalue weighted by Gasteiger charge is 2.21. The van der Waals surface area contributed by atoms with Gasteiger partial charge in [0.1, 0.15) is 5.78 Å². The lowest BCUT2D eigenvalue weighted by molar-refractivity contribution is -0.117. The summed E-state index contributed by atoms with van der Waals surface area (Å²) in [5.74, 6) is 0.386. The molecule has 0 spiro atoms. The summed E-state index contributed by atoms with van der Waals surface area (Å²) < 4.78 is 4.78. The molecule has 3 aromatic carbocycles. The fourth-order valence-electron chi connectivity index (χ4n) is 5.45. The number of nitrogens with zero attached hydrogens (tertiary/aromatic N) is 2. The Labute approximate surface area is 217 Å². The summed E-state index contributed by atoms with van der Waals surface area (Å²) in [6, 6.07) is 22.1. The van der Waals surface area contributed by atoms with Crippen LogP contribution < -0.4 is 0 Å². The predicted octanol–water partition coefficient (Wildman–Crippen LogP) is 5.16. The lowest BCUT2D eigenvalue weighted by Crippen LogP contribution is -2.35. The van der Waals surface area contributed by atoms with Crippen molar-refractivity contribution in [1.29, 1.82) is 0 Å². The highest BCUT2D eigenvalue weighted by Crippen LogP contribution is 2.24. The molecule has 1 fully saturated rings. The molecule has 190 valence electrons. The molecular formula is C31H33N3O3. The number of ketones is 1. The van der Waals surface area contributed by atoms with Gasteiger partial charge in [-0.15, -0.1) is 0 Å². The van der Waals surface area contributed by atoms with E-state index in [4.69, 9.17) is 4.74 Å². The predicted molar refractivity (Wildman–Crippen MR) is 144 cm³/mol. The Bertz CT molecular complexity index is 1390. The molecule has 1 aromatic heterocycles. The molecule has 1 saturated heterocycles. The maximum Gasteiger partial charge on any atom is 0.337 e. The van der Waals surface area contributed by atoms with Crippen molar-refractivity contribution in [3.05, 3.63) is 101 Å². The van der Waals surface area contributed by atoms with Crippen molar-refractivity contribution >= 4 is 22.7 Å². The number of rotatable bonds is 9. The van der Waals surface area contributed by atoms with E-state index in [0.717, 1.165) is 42.7 Å². The summed E-state index contributed by atoms with van der Waals surface area (Å²) in [4.78, 5) is 27.1. The molecule has 5 rings (SSSR count). The molecule has 0 saturated carbocycles. The minimum atomic E-state index is -0.388. The van der Waals surface area contributed by atoms with Gasteiger partial charge in [0, 0.05) is 31.3 Å². The molecule has 6 nitrogen and oxygen atoms in total. The summed E-state index contributed by atoms with van der Waals surface area (Å²) in [6.45, 7) is 3.10. The molecule has 6 heteroatoms. The van der Waals surface area contributed by atoms with Gasteiger partial charge in [-0.1, -0.05) is 42.5 Å². The number of likely N-dealkylation sites (tertiary alicyclic amines) is 1. The van der Waals surface area contributed by atoms with Crippen LogP contribution in [0.3, 0.4) is 0 Å². The molecule has 1 aliphatic heterocycles. The number of hydrogen-bond acceptors (Lipinski definition) is 5. The smallest absolute Gasteiger partial charge is 0.337 e. The molecule has 4 aromatic rings. The maximum absolute atomic E-state index is 12.8. The van der Waals surface area contributed by atoms with Gasteiger partial charge in [-0.25, -0.2) is 4.79 Å². The molecule has 37 heavy (non-hydrogen) atoms. The van der Waals surface area contributed by atoms with Gasteiger partial charge in [0.25, 0.3) is 0 Å². The van der Waals surface area contributed by atoms with Crippen LogP contribution in [0.5, 0.6) is 0 Å². The Morgan fingerprint density at radius 3 is 2.59 bits per heavy atom. The highest BCUT2D eigenvalue weighted by molar-refractivity contribution is 5.90. The van der Waals surface area contributed by atoms with Gasteiger partial charge in [-0.3, -0.25) is 14.8 Å². The molecule has 1 unspecified atom stereocenters. The van der Waals surface area contributed by atoms with Crippen LogP contribution in [0.15, 0.2) is 72.9 Å². The molecule has 1 N–H and O–H groups in total. The Kier molecular flexibility index (Phi) is 7.76. The summed E-state index contributed by atoms with van der Waals surface area (Å²) in [6.07, 6.45) is 6.13. The molecule has 1 aliphatic rings. The van der Waals surface area contributed by atoms with Crippen LogP contribution in [0.4, 0.5) is 0 Å². The fourth-order valence-corrected chi connectivity index (χ4v) is 5.45. The van der Waals surface area contributed by atoms with Crippen LogP contribution in [-0.4, -0.2) is 47.0 Å². The second kappa shape index (κ2) is 11.5. The van der Waals surface area contributed by atoms with E-state index in [1.807, 2.05) is 18.3 Å². The first-order chi connectivity index (χ1) is 18.1. The number of aromatic amines is 1. The quantitative estimate of drug-likeness (QED) is 0.325. The Balaban J connectivity index is 1.16. The van der Waals surface area contributed by atoms with Crippen molar-refractivity contribution in [2.45, 2.75) is 38.6 Å². The third-order valence-electron chi connectivity index (χ3n) is 7.18. The zero-order valence-corrected chi connectivity index (χ0v) is 21.3. The van der Waals surface area contributed by atoms with Crippen LogP contribution in [0.2, 0.25) is 0 Å². The Hall–Kier alpha value is -3.77. The Morgan fingerprint density at radius 2 is 1.76 bits per heavy atom. The minimum absolute atomic E-state index is 0.131. The number of methoxy groups -OCH3 is 1. The highest BCUT2D eigenvalue weighted by atomic mass is 16.5. The number of ether oxygens (including phenoxy) is 1. The van der Waals surface area contributed by atoms with Gasteiger partial charge in [-0.2, -0.15) is 5.10 Å². The number of carbonyl (C=O) groups is 2. The summed E-state index contributed by atoms with van der Waals surface area (Å²) in [5.41, 5.74) is 6.04. The number of Topliss-reactive ketones (excluding diaryl/α,β-unsaturated/α-hetero) is 1. The van der Waals surface area contributed by atoms with E-state index < -0.39 is 0 Å². The second-order valence-corrected chi connectivity index (χ2v) is 10.1. The van der Waals surface area contributed by atoms with Crippen LogP contribution >= 0.6 is 0 Å². The number of nitrogens with one attached hydrogen (secondary N) is 1. The van der Waals surface area contributed by atoms with Gasteiger partial charge >= 0.3 is 5.97 Å². The van der Waals surface area contributed by atoms with E-state index in [-0.39, 0.29) is 11.8 Å². The molecule has 0 bridgehead atoms. The average Bonchev–Trinajstić information content (AvgIpc) is 3.37. The minimum Gasteiger partial charge on any atom is -0.465 e. The SMILES string of the molecule is COC(=O)c1cccc(CC(=O)Cc2cccc(CN3CCCC(Cc4ccc5[nH]ncc5c4)C3)c2)c1. The average molecular weight is 496 g/mol. The van der Waals surface area contributed by atoms with E-state index in [0.29, 0.717) is 24.3 Å². The van der Waals surface area contributed by atoms with Crippen molar-refractivity contribution in [1.82, 2.24) is 15.1 Å². The first kappa shape index (κ1) is 24.9. The van der Waals surface area contributed by atoms with Crippen LogP contribution in [0.1, 0.15) is 45.5 Å². The van der Waals surface area contributed by atoms with Gasteiger partial charge < -0.3 is 4.74 Å². The lowest BCUT2D eigenvalue weighted by atomic mass is 9.90. The van der Waals surface area contributed by atoms with Crippen LogP contribution in [-0.2, 0) is 35.3 Å². The van der Waals surface area contributed by atoms with Crippen molar-refractivity contribution in [3.8, 4) is 0 Å². The van der Waals surface area contributed by atoms with E-state index in [1.165, 1.54) is 36.5 Å². The molecule has 1 atom stereocenters. The number of carbonyl (C=O) groups excluding carboxylic acids is 2. The van der Waals surface area contributed by atoms with E-state index in [9.17, 15) is 9.59 Å². The molecule has 2 heterocycles. The standard InChI is InChI=1S/C31H33N3O3/c1-37-31(36)27-9-3-6-23(15-27)18-29(35)17-22-5-2-7-25(13-22)20-34-12-4-8-26(21-34)14-24-10-11-30-28(16-24)19-32-33-30/h2-3,5-7,9-11,13,15-16,19,26H,4,8,12,14,17-18,20-21H2,1H3,(H,32,33). The third-order valence-corrected chi connectivity index (χ3v) is 7.18. The summed E-state index contributed by atoms with van der Waals surface area (Å²) in [5, 5.41) is 8.33. The van der Waals surface area contributed by atoms with Gasteiger partial charge in [0.15, 0.2) is 0 Å². The van der Waals surface area contributed by atoms with Crippen molar-refractivity contribution in [2.24, 2.45) is 5.92 Å². The van der Waals surface area contributed by atoms with Crippen LogP contribution in [0, 0.1) is 5.92 Å². The van der Waals surface area contributed by atoms with E-state index in [2.05, 4.69) is 51.5 Å². The fraction of sp³-hybridized carbons (Fsp3) is 0.323. The lowest BCUT2D eigenvalue weighted by Gasteiger charge is -2.33. The maximum atomic E-state index is 12.8. The first-order valence-electron chi connectivity index (χ1n) is 13.0. The first-order valence-corrected chi connectivity index (χ1v) is 13.0. The van der Waals surface area contributed by atoms with Crippen molar-refractivity contribution in [3.63, 3.8) is 0 Å².